The highest BCUT2D eigenvalue weighted by Gasteiger charge is 2.33. The van der Waals surface area contributed by atoms with Crippen molar-refractivity contribution in [1.82, 2.24) is 0 Å². The van der Waals surface area contributed by atoms with Crippen LogP contribution in [0.1, 0.15) is 6.92 Å². The maximum atomic E-state index is 11.2. The van der Waals surface area contributed by atoms with Gasteiger partial charge >= 0.3 is 11.9 Å². The fraction of sp³-hybridized carbons (Fsp3) is 0.545. The van der Waals surface area contributed by atoms with E-state index in [2.05, 4.69) is 11.3 Å². The molecule has 0 saturated carbocycles. The number of hydrogen-bond acceptors (Lipinski definition) is 7. The van der Waals surface area contributed by atoms with Crippen molar-refractivity contribution in [2.45, 2.75) is 6.92 Å². The Hall–Kier alpha value is -1.73. The molecular formula is C11H16O7. The zero-order valence-corrected chi connectivity index (χ0v) is 10.0. The van der Waals surface area contributed by atoms with Gasteiger partial charge in [0.05, 0.1) is 18.6 Å². The minimum absolute atomic E-state index is 0.0423. The zero-order chi connectivity index (χ0) is 14.2. The summed E-state index contributed by atoms with van der Waals surface area (Å²) in [7, 11) is 0. The molecule has 0 atom stereocenters. The van der Waals surface area contributed by atoms with E-state index in [-0.39, 0.29) is 18.5 Å². The van der Waals surface area contributed by atoms with Crippen LogP contribution in [0, 0.1) is 5.41 Å². The number of ether oxygens (including phenoxy) is 2. The molecule has 102 valence electrons. The van der Waals surface area contributed by atoms with Gasteiger partial charge in [0, 0.05) is 5.57 Å². The summed E-state index contributed by atoms with van der Waals surface area (Å²) in [6.45, 7) is 2.83. The highest BCUT2D eigenvalue weighted by atomic mass is 16.6. The standard InChI is InChI=1S/C11H16O7/c1-8(2)10(16)18-7-11(4-13,5-14)6-17-9(15)3-12/h3,13-14H,1,4-7H2,2H3. The van der Waals surface area contributed by atoms with Crippen LogP contribution in [-0.4, -0.2) is 54.9 Å². The third-order valence-corrected chi connectivity index (χ3v) is 2.15. The maximum absolute atomic E-state index is 11.2. The summed E-state index contributed by atoms with van der Waals surface area (Å²) in [5, 5.41) is 18.3. The van der Waals surface area contributed by atoms with Crippen LogP contribution in [-0.2, 0) is 23.9 Å². The van der Waals surface area contributed by atoms with E-state index in [1.165, 1.54) is 6.92 Å². The molecule has 0 aromatic rings. The molecule has 0 unspecified atom stereocenters. The Labute approximate surface area is 104 Å². The number of carbonyl (C=O) groups excluding carboxylic acids is 3. The number of aliphatic hydroxyl groups excluding tert-OH is 2. The summed E-state index contributed by atoms with van der Waals surface area (Å²) >= 11 is 0. The van der Waals surface area contributed by atoms with Crippen molar-refractivity contribution >= 4 is 18.2 Å². The van der Waals surface area contributed by atoms with Gasteiger partial charge in [0.2, 0.25) is 6.29 Å². The molecule has 0 radical (unpaired) electrons. The number of aliphatic hydroxyl groups is 2. The van der Waals surface area contributed by atoms with Crippen LogP contribution in [0.4, 0.5) is 0 Å². The molecule has 7 nitrogen and oxygen atoms in total. The molecule has 0 spiro atoms. The normalized spacial score (nSPS) is 10.6. The van der Waals surface area contributed by atoms with Crippen molar-refractivity contribution in [2.24, 2.45) is 5.41 Å². The lowest BCUT2D eigenvalue weighted by Crippen LogP contribution is -2.41. The Morgan fingerprint density at radius 1 is 1.22 bits per heavy atom. The topological polar surface area (TPSA) is 110 Å². The van der Waals surface area contributed by atoms with E-state index in [0.29, 0.717) is 0 Å². The van der Waals surface area contributed by atoms with Gasteiger partial charge in [-0.25, -0.2) is 9.59 Å². The molecule has 0 heterocycles. The summed E-state index contributed by atoms with van der Waals surface area (Å²) in [4.78, 5) is 31.9. The molecule has 2 N–H and O–H groups in total. The van der Waals surface area contributed by atoms with E-state index in [1.54, 1.807) is 0 Å². The second-order valence-electron chi connectivity index (χ2n) is 3.90. The molecule has 0 aliphatic rings. The minimum atomic E-state index is -1.34. The van der Waals surface area contributed by atoms with Crippen molar-refractivity contribution in [2.75, 3.05) is 26.4 Å². The molecule has 0 saturated heterocycles. The van der Waals surface area contributed by atoms with E-state index in [4.69, 9.17) is 14.9 Å². The lowest BCUT2D eigenvalue weighted by Gasteiger charge is -2.28. The third kappa shape index (κ3) is 5.07. The van der Waals surface area contributed by atoms with Gasteiger partial charge in [-0.05, 0) is 6.92 Å². The Kier molecular flexibility index (Phi) is 6.84. The predicted octanol–water partition coefficient (Wildman–Crippen LogP) is -1.18. The fourth-order valence-corrected chi connectivity index (χ4v) is 0.874. The Balaban J connectivity index is 4.51. The van der Waals surface area contributed by atoms with Crippen molar-refractivity contribution in [3.63, 3.8) is 0 Å². The summed E-state index contributed by atoms with van der Waals surface area (Å²) in [6, 6.07) is 0. The molecule has 0 aliphatic heterocycles. The van der Waals surface area contributed by atoms with Gasteiger partial charge in [-0.2, -0.15) is 0 Å². The van der Waals surface area contributed by atoms with Crippen LogP contribution in [0.15, 0.2) is 12.2 Å². The molecule has 0 rings (SSSR count). The zero-order valence-electron chi connectivity index (χ0n) is 10.0. The first-order valence-corrected chi connectivity index (χ1v) is 5.07. The van der Waals surface area contributed by atoms with Crippen LogP contribution in [0.25, 0.3) is 0 Å². The van der Waals surface area contributed by atoms with Crippen LogP contribution < -0.4 is 0 Å². The quantitative estimate of drug-likeness (QED) is 0.244. The summed E-state index contributed by atoms with van der Waals surface area (Å²) in [6.07, 6.45) is -0.0423. The molecule has 0 aromatic heterocycles. The second kappa shape index (κ2) is 7.57. The first-order valence-electron chi connectivity index (χ1n) is 5.07. The van der Waals surface area contributed by atoms with Gasteiger partial charge in [0.1, 0.15) is 13.2 Å². The average molecular weight is 260 g/mol. The summed E-state index contributed by atoms with van der Waals surface area (Å²) in [5.74, 6) is -1.82. The van der Waals surface area contributed by atoms with E-state index in [0.717, 1.165) is 0 Å². The minimum Gasteiger partial charge on any atom is -0.461 e. The van der Waals surface area contributed by atoms with Gasteiger partial charge in [-0.15, -0.1) is 0 Å². The molecule has 0 bridgehead atoms. The molecule has 0 fully saturated rings. The van der Waals surface area contributed by atoms with E-state index in [9.17, 15) is 14.4 Å². The summed E-state index contributed by atoms with van der Waals surface area (Å²) < 4.78 is 9.27. The first-order chi connectivity index (χ1) is 8.40. The predicted molar refractivity (Wildman–Crippen MR) is 59.4 cm³/mol. The number of hydrogen-bond donors (Lipinski definition) is 2. The fourth-order valence-electron chi connectivity index (χ4n) is 0.874. The van der Waals surface area contributed by atoms with Gasteiger partial charge in [-0.3, -0.25) is 4.79 Å². The molecule has 0 aliphatic carbocycles. The van der Waals surface area contributed by atoms with Crippen molar-refractivity contribution in [1.29, 1.82) is 0 Å². The molecule has 18 heavy (non-hydrogen) atoms. The maximum Gasteiger partial charge on any atom is 0.371 e. The molecule has 0 aromatic carbocycles. The van der Waals surface area contributed by atoms with E-state index in [1.807, 2.05) is 0 Å². The first kappa shape index (κ1) is 16.3. The third-order valence-electron chi connectivity index (χ3n) is 2.15. The molecular weight excluding hydrogens is 244 g/mol. The van der Waals surface area contributed by atoms with E-state index < -0.39 is 37.2 Å². The Bertz CT molecular complexity index is 330. The van der Waals surface area contributed by atoms with Gasteiger partial charge in [0.25, 0.3) is 0 Å². The van der Waals surface area contributed by atoms with Crippen LogP contribution in [0.5, 0.6) is 0 Å². The lowest BCUT2D eigenvalue weighted by atomic mass is 9.92. The molecule has 7 heteroatoms. The van der Waals surface area contributed by atoms with Crippen LogP contribution in [0.3, 0.4) is 0 Å². The van der Waals surface area contributed by atoms with Crippen LogP contribution in [0.2, 0.25) is 0 Å². The largest absolute Gasteiger partial charge is 0.461 e. The van der Waals surface area contributed by atoms with Crippen LogP contribution >= 0.6 is 0 Å². The van der Waals surface area contributed by atoms with Gasteiger partial charge < -0.3 is 19.7 Å². The highest BCUT2D eigenvalue weighted by Crippen LogP contribution is 2.17. The average Bonchev–Trinajstić information content (AvgIpc) is 2.38. The monoisotopic (exact) mass is 260 g/mol. The van der Waals surface area contributed by atoms with Gasteiger partial charge in [-0.1, -0.05) is 6.58 Å². The van der Waals surface area contributed by atoms with Crippen molar-refractivity contribution in [3.8, 4) is 0 Å². The number of rotatable bonds is 8. The number of carbonyl (C=O) groups is 3. The summed E-state index contributed by atoms with van der Waals surface area (Å²) in [5.41, 5.74) is -1.19. The van der Waals surface area contributed by atoms with E-state index >= 15 is 0 Å². The second-order valence-corrected chi connectivity index (χ2v) is 3.90. The Morgan fingerprint density at radius 3 is 2.11 bits per heavy atom. The highest BCUT2D eigenvalue weighted by molar-refractivity contribution is 6.20. The number of aldehydes is 1. The smallest absolute Gasteiger partial charge is 0.371 e. The lowest BCUT2D eigenvalue weighted by molar-refractivity contribution is -0.159. The molecule has 0 amide bonds. The van der Waals surface area contributed by atoms with Crippen molar-refractivity contribution < 1.29 is 34.1 Å². The Morgan fingerprint density at radius 2 is 1.72 bits per heavy atom. The number of esters is 2. The van der Waals surface area contributed by atoms with Gasteiger partial charge in [0.15, 0.2) is 0 Å². The van der Waals surface area contributed by atoms with Crippen molar-refractivity contribution in [3.05, 3.63) is 12.2 Å². The SMILES string of the molecule is C=C(C)C(=O)OCC(CO)(CO)COC(=O)C=O.